The number of nitrogen functional groups attached to an aromatic ring is 1. The van der Waals surface area contributed by atoms with Gasteiger partial charge in [-0.15, -0.1) is 0 Å². The molecule has 5 nitrogen and oxygen atoms in total. The van der Waals surface area contributed by atoms with Crippen molar-refractivity contribution in [2.24, 2.45) is 0 Å². The molecule has 0 aliphatic heterocycles. The molecule has 2 aromatic heterocycles. The van der Waals surface area contributed by atoms with Crippen molar-refractivity contribution in [2.45, 2.75) is 0 Å². The summed E-state index contributed by atoms with van der Waals surface area (Å²) < 4.78 is 3.18. The second-order valence-corrected chi connectivity index (χ2v) is 7.50. The van der Waals surface area contributed by atoms with E-state index in [1.54, 1.807) is 45.7 Å². The predicted octanol–water partition coefficient (Wildman–Crippen LogP) is 5.22. The van der Waals surface area contributed by atoms with Crippen molar-refractivity contribution in [2.75, 3.05) is 5.73 Å². The second kappa shape index (κ2) is 6.65. The van der Waals surface area contributed by atoms with Crippen molar-refractivity contribution in [3.63, 3.8) is 0 Å². The minimum Gasteiger partial charge on any atom is -0.399 e. The van der Waals surface area contributed by atoms with Crippen LogP contribution in [0.25, 0.3) is 33.3 Å². The van der Waals surface area contributed by atoms with Crippen LogP contribution in [0.1, 0.15) is 0 Å². The van der Waals surface area contributed by atoms with Crippen molar-refractivity contribution in [3.05, 3.63) is 93.5 Å². The molecule has 0 aliphatic rings. The van der Waals surface area contributed by atoms with Gasteiger partial charge in [-0.25, -0.2) is 4.79 Å². The Morgan fingerprint density at radius 3 is 2.52 bits per heavy atom. The summed E-state index contributed by atoms with van der Waals surface area (Å²) in [6.07, 6.45) is 1.68. The Morgan fingerprint density at radius 1 is 0.897 bits per heavy atom. The molecule has 0 atom stereocenters. The number of imidazole rings is 1. The van der Waals surface area contributed by atoms with Gasteiger partial charge in [0.2, 0.25) is 0 Å². The summed E-state index contributed by atoms with van der Waals surface area (Å²) in [7, 11) is 0. The average Bonchev–Trinajstić information content (AvgIpc) is 3.00. The SMILES string of the molecule is Nc1cccc(-n2c(=O)n(-c3ccccc3Cl)c3c4cc(Cl)ccc4ncc32)c1. The normalized spacial score (nSPS) is 11.4. The van der Waals surface area contributed by atoms with E-state index in [0.29, 0.717) is 38.1 Å². The van der Waals surface area contributed by atoms with Gasteiger partial charge in [0, 0.05) is 16.1 Å². The van der Waals surface area contributed by atoms with E-state index in [2.05, 4.69) is 4.98 Å². The van der Waals surface area contributed by atoms with E-state index in [1.165, 1.54) is 0 Å². The highest BCUT2D eigenvalue weighted by Crippen LogP contribution is 2.31. The molecule has 0 radical (unpaired) electrons. The lowest BCUT2D eigenvalue weighted by Gasteiger charge is -2.07. The fourth-order valence-electron chi connectivity index (χ4n) is 3.61. The summed E-state index contributed by atoms with van der Waals surface area (Å²) in [5.74, 6) is 0. The van der Waals surface area contributed by atoms with Crippen LogP contribution >= 0.6 is 23.2 Å². The van der Waals surface area contributed by atoms with E-state index < -0.39 is 0 Å². The Bertz CT molecular complexity index is 1470. The van der Waals surface area contributed by atoms with Crippen LogP contribution in [0.4, 0.5) is 5.69 Å². The van der Waals surface area contributed by atoms with Crippen LogP contribution in [0, 0.1) is 0 Å². The molecule has 0 aliphatic carbocycles. The highest BCUT2D eigenvalue weighted by Gasteiger charge is 2.20. The molecule has 0 spiro atoms. The minimum absolute atomic E-state index is 0.270. The molecule has 3 aromatic carbocycles. The molecule has 142 valence electrons. The number of halogens is 2. The average molecular weight is 421 g/mol. The fourth-order valence-corrected chi connectivity index (χ4v) is 4.00. The van der Waals surface area contributed by atoms with Gasteiger partial charge in [-0.1, -0.05) is 41.4 Å². The zero-order valence-electron chi connectivity index (χ0n) is 15.0. The van der Waals surface area contributed by atoms with Crippen molar-refractivity contribution in [3.8, 4) is 11.4 Å². The van der Waals surface area contributed by atoms with Crippen LogP contribution in [-0.4, -0.2) is 14.1 Å². The monoisotopic (exact) mass is 420 g/mol. The molecule has 2 N–H and O–H groups in total. The van der Waals surface area contributed by atoms with Crippen molar-refractivity contribution < 1.29 is 0 Å². The summed E-state index contributed by atoms with van der Waals surface area (Å²) in [6.45, 7) is 0. The van der Waals surface area contributed by atoms with Crippen LogP contribution in [0.3, 0.4) is 0 Å². The molecule has 5 aromatic rings. The maximum atomic E-state index is 13.6. The van der Waals surface area contributed by atoms with Gasteiger partial charge in [0.25, 0.3) is 0 Å². The molecule has 0 fully saturated rings. The van der Waals surface area contributed by atoms with Gasteiger partial charge in [0.1, 0.15) is 0 Å². The van der Waals surface area contributed by atoms with Crippen LogP contribution < -0.4 is 11.4 Å². The number of fused-ring (bicyclic) bond motifs is 3. The number of anilines is 1. The molecule has 0 saturated carbocycles. The number of pyridine rings is 1. The second-order valence-electron chi connectivity index (χ2n) is 6.65. The van der Waals surface area contributed by atoms with Crippen LogP contribution in [0.15, 0.2) is 77.7 Å². The molecule has 7 heteroatoms. The Morgan fingerprint density at radius 2 is 1.72 bits per heavy atom. The molecule has 29 heavy (non-hydrogen) atoms. The highest BCUT2D eigenvalue weighted by molar-refractivity contribution is 6.33. The zero-order valence-corrected chi connectivity index (χ0v) is 16.5. The van der Waals surface area contributed by atoms with E-state index >= 15 is 0 Å². The van der Waals surface area contributed by atoms with E-state index in [9.17, 15) is 4.79 Å². The highest BCUT2D eigenvalue weighted by atomic mass is 35.5. The third kappa shape index (κ3) is 2.78. The van der Waals surface area contributed by atoms with Crippen molar-refractivity contribution in [1.29, 1.82) is 0 Å². The molecule has 0 saturated heterocycles. The summed E-state index contributed by atoms with van der Waals surface area (Å²) in [5, 5.41) is 1.78. The largest absolute Gasteiger partial charge is 0.399 e. The molecule has 2 heterocycles. The van der Waals surface area contributed by atoms with E-state index in [0.717, 1.165) is 10.9 Å². The number of para-hydroxylation sites is 1. The van der Waals surface area contributed by atoms with Gasteiger partial charge < -0.3 is 5.73 Å². The quantitative estimate of drug-likeness (QED) is 0.398. The zero-order chi connectivity index (χ0) is 20.1. The number of hydrogen-bond acceptors (Lipinski definition) is 3. The molecule has 0 unspecified atom stereocenters. The van der Waals surface area contributed by atoms with Gasteiger partial charge in [0.05, 0.1) is 39.1 Å². The smallest absolute Gasteiger partial charge is 0.338 e. The molecule has 0 amide bonds. The molecular formula is C22H14Cl2N4O. The standard InChI is InChI=1S/C22H14Cl2N4O/c23-13-8-9-18-16(10-13)21-20(12-26-18)27(15-5-3-4-14(25)11-15)22(29)28(21)19-7-2-1-6-17(19)24/h1-12H,25H2. The number of nitrogens with two attached hydrogens (primary N) is 1. The summed E-state index contributed by atoms with van der Waals surface area (Å²) >= 11 is 12.7. The van der Waals surface area contributed by atoms with Crippen LogP contribution in [0.2, 0.25) is 10.0 Å². The third-order valence-electron chi connectivity index (χ3n) is 4.85. The first-order valence-corrected chi connectivity index (χ1v) is 9.63. The summed E-state index contributed by atoms with van der Waals surface area (Å²) in [4.78, 5) is 18.2. The predicted molar refractivity (Wildman–Crippen MR) is 119 cm³/mol. The molecule has 5 rings (SSSR count). The topological polar surface area (TPSA) is 65.8 Å². The third-order valence-corrected chi connectivity index (χ3v) is 5.41. The van der Waals surface area contributed by atoms with Crippen molar-refractivity contribution in [1.82, 2.24) is 14.1 Å². The van der Waals surface area contributed by atoms with E-state index in [4.69, 9.17) is 28.9 Å². The number of nitrogens with zero attached hydrogens (tertiary/aromatic N) is 3. The van der Waals surface area contributed by atoms with Gasteiger partial charge in [0.15, 0.2) is 0 Å². The summed E-state index contributed by atoms with van der Waals surface area (Å²) in [6, 6.07) is 19.8. The number of hydrogen-bond donors (Lipinski definition) is 1. The van der Waals surface area contributed by atoms with Gasteiger partial charge in [-0.3, -0.25) is 14.1 Å². The Balaban J connectivity index is 2.02. The molecular weight excluding hydrogens is 407 g/mol. The lowest BCUT2D eigenvalue weighted by atomic mass is 10.2. The van der Waals surface area contributed by atoms with Crippen LogP contribution in [-0.2, 0) is 0 Å². The lowest BCUT2D eigenvalue weighted by Crippen LogP contribution is -2.22. The van der Waals surface area contributed by atoms with E-state index in [1.807, 2.05) is 36.4 Å². The first-order chi connectivity index (χ1) is 14.0. The van der Waals surface area contributed by atoms with E-state index in [-0.39, 0.29) is 5.69 Å². The minimum atomic E-state index is -0.270. The van der Waals surface area contributed by atoms with Gasteiger partial charge >= 0.3 is 5.69 Å². The van der Waals surface area contributed by atoms with Crippen LogP contribution in [0.5, 0.6) is 0 Å². The lowest BCUT2D eigenvalue weighted by molar-refractivity contribution is 0.931. The maximum Gasteiger partial charge on any atom is 0.338 e. The Labute approximate surface area is 175 Å². The number of aromatic nitrogens is 3. The first-order valence-electron chi connectivity index (χ1n) is 8.87. The Hall–Kier alpha value is -3.28. The molecule has 0 bridgehead atoms. The number of rotatable bonds is 2. The maximum absolute atomic E-state index is 13.6. The first kappa shape index (κ1) is 17.8. The van der Waals surface area contributed by atoms with Crippen molar-refractivity contribution >= 4 is 50.8 Å². The fraction of sp³-hybridized carbons (Fsp3) is 0. The number of benzene rings is 3. The summed E-state index contributed by atoms with van der Waals surface area (Å²) in [5.41, 5.74) is 9.53. The van der Waals surface area contributed by atoms with Gasteiger partial charge in [-0.05, 0) is 48.5 Å². The van der Waals surface area contributed by atoms with Gasteiger partial charge in [-0.2, -0.15) is 0 Å². The Kier molecular flexibility index (Phi) is 4.08.